The monoisotopic (exact) mass is 416 g/mol. The minimum absolute atomic E-state index is 0.0673. The molecule has 0 saturated carbocycles. The number of nitrogen functional groups attached to an aromatic ring is 1. The van der Waals surface area contributed by atoms with Gasteiger partial charge in [0.2, 0.25) is 10.0 Å². The molecule has 9 heteroatoms. The van der Waals surface area contributed by atoms with Crippen LogP contribution in [0.4, 0.5) is 11.4 Å². The van der Waals surface area contributed by atoms with Crippen LogP contribution in [0, 0.1) is 0 Å². The van der Waals surface area contributed by atoms with Gasteiger partial charge in [-0.1, -0.05) is 23.2 Å². The van der Waals surface area contributed by atoms with Crippen molar-refractivity contribution in [1.29, 1.82) is 0 Å². The quantitative estimate of drug-likeness (QED) is 0.577. The van der Waals surface area contributed by atoms with Gasteiger partial charge < -0.3 is 5.73 Å². The van der Waals surface area contributed by atoms with Crippen molar-refractivity contribution in [2.24, 2.45) is 0 Å². The summed E-state index contributed by atoms with van der Waals surface area (Å²) in [5.41, 5.74) is 7.11. The highest BCUT2D eigenvalue weighted by Crippen LogP contribution is 2.21. The van der Waals surface area contributed by atoms with Crippen molar-refractivity contribution >= 4 is 56.2 Å². The number of anilines is 2. The van der Waals surface area contributed by atoms with Gasteiger partial charge in [-0.3, -0.25) is 14.3 Å². The van der Waals surface area contributed by atoms with Crippen LogP contribution < -0.4 is 10.5 Å². The lowest BCUT2D eigenvalue weighted by atomic mass is 10.1. The summed E-state index contributed by atoms with van der Waals surface area (Å²) in [7, 11) is -3.34. The van der Waals surface area contributed by atoms with Crippen LogP contribution in [0.2, 0.25) is 10.0 Å². The van der Waals surface area contributed by atoms with Crippen molar-refractivity contribution < 1.29 is 18.0 Å². The number of Topliss-reactive ketones (excluding diaryl/α,β-unsaturated/α-hetero) is 2. The SMILES string of the molecule is CC(=O)c1cc(N)ccc1Cl.CC(=O)c1cc(NS(C)(=O)=O)ccc1Cl. The van der Waals surface area contributed by atoms with Crippen LogP contribution in [-0.2, 0) is 10.0 Å². The zero-order chi connectivity index (χ0) is 20.1. The van der Waals surface area contributed by atoms with Crippen molar-refractivity contribution in [1.82, 2.24) is 0 Å². The van der Waals surface area contributed by atoms with Crippen LogP contribution >= 0.6 is 23.2 Å². The number of hydrogen-bond donors (Lipinski definition) is 2. The van der Waals surface area contributed by atoms with Gasteiger partial charge in [-0.15, -0.1) is 0 Å². The summed E-state index contributed by atoms with van der Waals surface area (Å²) < 4.78 is 24.1. The van der Waals surface area contributed by atoms with Gasteiger partial charge in [-0.05, 0) is 50.2 Å². The summed E-state index contributed by atoms with van der Waals surface area (Å²) in [6.45, 7) is 2.83. The summed E-state index contributed by atoms with van der Waals surface area (Å²) in [5, 5.41) is 0.758. The van der Waals surface area contributed by atoms with Gasteiger partial charge >= 0.3 is 0 Å². The van der Waals surface area contributed by atoms with Crippen molar-refractivity contribution in [2.45, 2.75) is 13.8 Å². The first-order valence-electron chi connectivity index (χ1n) is 7.25. The van der Waals surface area contributed by atoms with Crippen LogP contribution in [0.5, 0.6) is 0 Å². The second kappa shape index (κ2) is 9.02. The highest BCUT2D eigenvalue weighted by atomic mass is 35.5. The molecule has 2 aromatic rings. The van der Waals surface area contributed by atoms with E-state index in [1.165, 1.54) is 32.0 Å². The van der Waals surface area contributed by atoms with E-state index in [9.17, 15) is 18.0 Å². The summed E-state index contributed by atoms with van der Waals surface area (Å²) in [5.74, 6) is -0.278. The van der Waals surface area contributed by atoms with Gasteiger partial charge in [-0.25, -0.2) is 8.42 Å². The Bertz CT molecular complexity index is 944. The van der Waals surface area contributed by atoms with E-state index in [0.29, 0.717) is 32.5 Å². The fourth-order valence-corrected chi connectivity index (χ4v) is 2.94. The lowest BCUT2D eigenvalue weighted by Crippen LogP contribution is -2.10. The van der Waals surface area contributed by atoms with Gasteiger partial charge in [0.1, 0.15) is 0 Å². The molecular weight excluding hydrogens is 399 g/mol. The largest absolute Gasteiger partial charge is 0.399 e. The normalized spacial score (nSPS) is 10.5. The average Bonchev–Trinajstić information content (AvgIpc) is 2.50. The molecule has 0 bridgehead atoms. The highest BCUT2D eigenvalue weighted by molar-refractivity contribution is 7.92. The Labute approximate surface area is 162 Å². The van der Waals surface area contributed by atoms with Crippen molar-refractivity contribution in [2.75, 3.05) is 16.7 Å². The molecule has 140 valence electrons. The second-order valence-corrected chi connectivity index (χ2v) is 7.98. The molecule has 0 saturated heterocycles. The topological polar surface area (TPSA) is 106 Å². The van der Waals surface area contributed by atoms with Crippen LogP contribution in [-0.4, -0.2) is 26.2 Å². The molecule has 0 radical (unpaired) electrons. The van der Waals surface area contributed by atoms with E-state index in [2.05, 4.69) is 4.72 Å². The number of ketones is 2. The summed E-state index contributed by atoms with van der Waals surface area (Å²) in [4.78, 5) is 22.0. The number of hydrogen-bond acceptors (Lipinski definition) is 5. The Balaban J connectivity index is 0.000000273. The third kappa shape index (κ3) is 7.03. The molecule has 0 aliphatic rings. The number of nitrogens with two attached hydrogens (primary N) is 1. The van der Waals surface area contributed by atoms with E-state index in [0.717, 1.165) is 6.26 Å². The van der Waals surface area contributed by atoms with E-state index in [-0.39, 0.29) is 11.6 Å². The number of rotatable bonds is 4. The number of sulfonamides is 1. The lowest BCUT2D eigenvalue weighted by Gasteiger charge is -2.06. The Morgan fingerprint density at radius 1 is 0.923 bits per heavy atom. The molecule has 0 aliphatic carbocycles. The standard InChI is InChI=1S/C9H10ClNO3S.C8H8ClNO/c1-6(12)8-5-7(3-4-9(8)10)11-15(2,13)14;1-5(11)7-4-6(10)2-3-8(7)9/h3-5,11H,1-2H3;2-4H,10H2,1H3. The zero-order valence-corrected chi connectivity index (χ0v) is 16.7. The van der Waals surface area contributed by atoms with Gasteiger partial charge in [0.15, 0.2) is 11.6 Å². The summed E-state index contributed by atoms with van der Waals surface area (Å²) in [6.07, 6.45) is 1.04. The molecule has 2 aromatic carbocycles. The van der Waals surface area contributed by atoms with Crippen LogP contribution in [0.15, 0.2) is 36.4 Å². The first-order chi connectivity index (χ1) is 11.9. The van der Waals surface area contributed by atoms with E-state index >= 15 is 0 Å². The minimum atomic E-state index is -3.34. The highest BCUT2D eigenvalue weighted by Gasteiger charge is 2.08. The molecule has 0 fully saturated rings. The molecule has 0 spiro atoms. The molecule has 26 heavy (non-hydrogen) atoms. The third-order valence-corrected chi connectivity index (χ3v) is 4.28. The number of benzene rings is 2. The van der Waals surface area contributed by atoms with Gasteiger partial charge in [0.05, 0.1) is 16.3 Å². The maximum Gasteiger partial charge on any atom is 0.229 e. The van der Waals surface area contributed by atoms with Crippen LogP contribution in [0.25, 0.3) is 0 Å². The molecule has 6 nitrogen and oxygen atoms in total. The average molecular weight is 417 g/mol. The first kappa shape index (κ1) is 22.0. The molecule has 0 aliphatic heterocycles. The van der Waals surface area contributed by atoms with E-state index in [1.807, 2.05) is 0 Å². The molecule has 0 aromatic heterocycles. The Hall–Kier alpha value is -2.09. The Kier molecular flexibility index (Phi) is 7.62. The lowest BCUT2D eigenvalue weighted by molar-refractivity contribution is 0.100. The number of nitrogens with one attached hydrogen (secondary N) is 1. The molecule has 0 amide bonds. The minimum Gasteiger partial charge on any atom is -0.399 e. The van der Waals surface area contributed by atoms with Crippen molar-refractivity contribution in [3.63, 3.8) is 0 Å². The molecular formula is C17H18Cl2N2O4S. The second-order valence-electron chi connectivity index (χ2n) is 5.42. The smallest absolute Gasteiger partial charge is 0.229 e. The molecule has 3 N–H and O–H groups in total. The Morgan fingerprint density at radius 3 is 1.81 bits per heavy atom. The van der Waals surface area contributed by atoms with Crippen molar-refractivity contribution in [3.8, 4) is 0 Å². The third-order valence-electron chi connectivity index (χ3n) is 3.02. The van der Waals surface area contributed by atoms with Gasteiger partial charge in [0.25, 0.3) is 0 Å². The van der Waals surface area contributed by atoms with Crippen LogP contribution in [0.3, 0.4) is 0 Å². The Morgan fingerprint density at radius 2 is 1.38 bits per heavy atom. The maximum absolute atomic E-state index is 11.1. The fourth-order valence-electron chi connectivity index (χ4n) is 1.89. The van der Waals surface area contributed by atoms with Crippen LogP contribution in [0.1, 0.15) is 34.6 Å². The molecule has 2 rings (SSSR count). The molecule has 0 heterocycles. The maximum atomic E-state index is 11.1. The zero-order valence-electron chi connectivity index (χ0n) is 14.3. The summed E-state index contributed by atoms with van der Waals surface area (Å²) in [6, 6.07) is 9.24. The van der Waals surface area contributed by atoms with Crippen molar-refractivity contribution in [3.05, 3.63) is 57.6 Å². The van der Waals surface area contributed by atoms with E-state index in [4.69, 9.17) is 28.9 Å². The molecule has 0 unspecified atom stereocenters. The molecule has 0 atom stereocenters. The number of halogens is 2. The first-order valence-corrected chi connectivity index (χ1v) is 9.89. The number of carbonyl (C=O) groups excluding carboxylic acids is 2. The van der Waals surface area contributed by atoms with E-state index < -0.39 is 10.0 Å². The fraction of sp³-hybridized carbons (Fsp3) is 0.176. The van der Waals surface area contributed by atoms with E-state index in [1.54, 1.807) is 18.2 Å². The predicted octanol–water partition coefficient (Wildman–Crippen LogP) is 4.04. The van der Waals surface area contributed by atoms with Gasteiger partial charge in [0, 0.05) is 22.5 Å². The van der Waals surface area contributed by atoms with Gasteiger partial charge in [-0.2, -0.15) is 0 Å². The number of carbonyl (C=O) groups is 2. The summed E-state index contributed by atoms with van der Waals surface area (Å²) >= 11 is 11.5. The predicted molar refractivity (Wildman–Crippen MR) is 106 cm³/mol.